The van der Waals surface area contributed by atoms with Crippen LogP contribution in [0.4, 0.5) is 5.88 Å². The van der Waals surface area contributed by atoms with Crippen LogP contribution in [0, 0.1) is 0 Å². The number of aryl methyl sites for hydroxylation is 1. The maximum absolute atomic E-state index is 5.91. The largest absolute Gasteiger partial charge is 0.367 e. The molecule has 0 aliphatic carbocycles. The summed E-state index contributed by atoms with van der Waals surface area (Å²) >= 11 is 3.52. The SMILES string of the molecule is Cn1ccnc1-c1noc(N)c1-c1ccccc1Br. The third-order valence-corrected chi connectivity index (χ3v) is 3.59. The van der Waals surface area contributed by atoms with Crippen molar-refractivity contribution in [3.05, 3.63) is 41.1 Å². The van der Waals surface area contributed by atoms with Gasteiger partial charge in [-0.25, -0.2) is 4.98 Å². The van der Waals surface area contributed by atoms with E-state index in [-0.39, 0.29) is 5.88 Å². The fourth-order valence-electron chi connectivity index (χ4n) is 1.97. The van der Waals surface area contributed by atoms with E-state index in [1.165, 1.54) is 0 Å². The number of hydrogen-bond acceptors (Lipinski definition) is 4. The molecular weight excluding hydrogens is 308 g/mol. The molecule has 2 aromatic heterocycles. The second kappa shape index (κ2) is 4.55. The lowest BCUT2D eigenvalue weighted by Gasteiger charge is -2.05. The molecule has 0 fully saturated rings. The Hall–Kier alpha value is -2.08. The highest BCUT2D eigenvalue weighted by Gasteiger charge is 2.21. The first-order valence-corrected chi connectivity index (χ1v) is 6.45. The number of benzene rings is 1. The minimum Gasteiger partial charge on any atom is -0.367 e. The van der Waals surface area contributed by atoms with Crippen molar-refractivity contribution in [3.63, 3.8) is 0 Å². The van der Waals surface area contributed by atoms with Crippen LogP contribution in [0.25, 0.3) is 22.6 Å². The van der Waals surface area contributed by atoms with Crippen molar-refractivity contribution >= 4 is 21.8 Å². The third-order valence-electron chi connectivity index (χ3n) is 2.89. The summed E-state index contributed by atoms with van der Waals surface area (Å²) < 4.78 is 7.94. The van der Waals surface area contributed by atoms with Crippen molar-refractivity contribution in [2.24, 2.45) is 7.05 Å². The summed E-state index contributed by atoms with van der Waals surface area (Å²) in [4.78, 5) is 4.28. The van der Waals surface area contributed by atoms with Gasteiger partial charge in [0.15, 0.2) is 11.5 Å². The molecule has 0 saturated heterocycles. The fraction of sp³-hybridized carbons (Fsp3) is 0.0769. The number of halogens is 1. The number of imidazole rings is 1. The fourth-order valence-corrected chi connectivity index (χ4v) is 2.46. The minimum absolute atomic E-state index is 0.282. The summed E-state index contributed by atoms with van der Waals surface area (Å²) in [5.74, 6) is 0.996. The smallest absolute Gasteiger partial charge is 0.230 e. The number of aromatic nitrogens is 3. The minimum atomic E-state index is 0.282. The number of anilines is 1. The summed E-state index contributed by atoms with van der Waals surface area (Å²) in [5.41, 5.74) is 8.23. The lowest BCUT2D eigenvalue weighted by Crippen LogP contribution is -1.94. The zero-order valence-electron chi connectivity index (χ0n) is 10.2. The quantitative estimate of drug-likeness (QED) is 0.788. The normalized spacial score (nSPS) is 10.8. The molecule has 2 N–H and O–H groups in total. The molecule has 0 aliphatic rings. The Balaban J connectivity index is 2.26. The average molecular weight is 319 g/mol. The van der Waals surface area contributed by atoms with E-state index in [1.807, 2.05) is 42.1 Å². The highest BCUT2D eigenvalue weighted by molar-refractivity contribution is 9.10. The lowest BCUT2D eigenvalue weighted by molar-refractivity contribution is 0.438. The molecule has 0 amide bonds. The van der Waals surface area contributed by atoms with E-state index < -0.39 is 0 Å². The van der Waals surface area contributed by atoms with Gasteiger partial charge in [-0.1, -0.05) is 39.3 Å². The average Bonchev–Trinajstić information content (AvgIpc) is 2.96. The predicted octanol–water partition coefficient (Wildman–Crippen LogP) is 3.09. The van der Waals surface area contributed by atoms with E-state index in [1.54, 1.807) is 6.20 Å². The Kier molecular flexibility index (Phi) is 2.87. The summed E-state index contributed by atoms with van der Waals surface area (Å²) in [6.45, 7) is 0. The van der Waals surface area contributed by atoms with Crippen molar-refractivity contribution in [1.82, 2.24) is 14.7 Å². The number of hydrogen-bond donors (Lipinski definition) is 1. The summed E-state index contributed by atoms with van der Waals surface area (Å²) in [6, 6.07) is 7.79. The Labute approximate surface area is 118 Å². The van der Waals surface area contributed by atoms with Crippen LogP contribution in [0.1, 0.15) is 0 Å². The summed E-state index contributed by atoms with van der Waals surface area (Å²) in [7, 11) is 1.90. The molecule has 96 valence electrons. The first kappa shape index (κ1) is 12.0. The van der Waals surface area contributed by atoms with Crippen molar-refractivity contribution in [1.29, 1.82) is 0 Å². The second-order valence-electron chi connectivity index (χ2n) is 4.11. The van der Waals surface area contributed by atoms with Crippen LogP contribution in [0.15, 0.2) is 45.7 Å². The molecule has 0 bridgehead atoms. The first-order chi connectivity index (χ1) is 9.18. The van der Waals surface area contributed by atoms with E-state index in [2.05, 4.69) is 26.1 Å². The highest BCUT2D eigenvalue weighted by atomic mass is 79.9. The molecule has 2 heterocycles. The van der Waals surface area contributed by atoms with E-state index in [9.17, 15) is 0 Å². The number of nitrogens with zero attached hydrogens (tertiary/aromatic N) is 3. The molecule has 19 heavy (non-hydrogen) atoms. The van der Waals surface area contributed by atoms with Crippen molar-refractivity contribution in [2.45, 2.75) is 0 Å². The maximum Gasteiger partial charge on any atom is 0.230 e. The van der Waals surface area contributed by atoms with Gasteiger partial charge in [-0.15, -0.1) is 0 Å². The van der Waals surface area contributed by atoms with Gasteiger partial charge in [0.1, 0.15) is 0 Å². The molecule has 0 spiro atoms. The number of rotatable bonds is 2. The molecule has 3 rings (SSSR count). The molecular formula is C13H11BrN4O. The van der Waals surface area contributed by atoms with Crippen LogP contribution in [-0.4, -0.2) is 14.7 Å². The van der Waals surface area contributed by atoms with Crippen molar-refractivity contribution in [2.75, 3.05) is 5.73 Å². The molecule has 0 saturated carbocycles. The molecule has 6 heteroatoms. The van der Waals surface area contributed by atoms with Crippen LogP contribution in [-0.2, 0) is 7.05 Å². The predicted molar refractivity (Wildman–Crippen MR) is 76.3 cm³/mol. The zero-order valence-corrected chi connectivity index (χ0v) is 11.8. The van der Waals surface area contributed by atoms with Gasteiger partial charge in [0, 0.05) is 29.5 Å². The van der Waals surface area contributed by atoms with Crippen molar-refractivity contribution in [3.8, 4) is 22.6 Å². The highest BCUT2D eigenvalue weighted by Crippen LogP contribution is 2.38. The Morgan fingerprint density at radius 2 is 2.11 bits per heavy atom. The zero-order chi connectivity index (χ0) is 13.4. The van der Waals surface area contributed by atoms with Gasteiger partial charge in [-0.05, 0) is 6.07 Å². The van der Waals surface area contributed by atoms with Gasteiger partial charge < -0.3 is 14.8 Å². The van der Waals surface area contributed by atoms with Crippen LogP contribution < -0.4 is 5.73 Å². The van der Waals surface area contributed by atoms with E-state index in [0.29, 0.717) is 11.5 Å². The number of nitrogens with two attached hydrogens (primary N) is 1. The van der Waals surface area contributed by atoms with Gasteiger partial charge in [0.25, 0.3) is 0 Å². The van der Waals surface area contributed by atoms with Gasteiger partial charge in [-0.2, -0.15) is 0 Å². The summed E-state index contributed by atoms with van der Waals surface area (Å²) in [5, 5.41) is 4.03. The van der Waals surface area contributed by atoms with Gasteiger partial charge >= 0.3 is 0 Å². The van der Waals surface area contributed by atoms with E-state index >= 15 is 0 Å². The van der Waals surface area contributed by atoms with Crippen LogP contribution in [0.5, 0.6) is 0 Å². The van der Waals surface area contributed by atoms with E-state index in [4.69, 9.17) is 10.3 Å². The molecule has 0 unspecified atom stereocenters. The topological polar surface area (TPSA) is 69.9 Å². The van der Waals surface area contributed by atoms with Gasteiger partial charge in [-0.3, -0.25) is 0 Å². The molecule has 0 radical (unpaired) electrons. The standard InChI is InChI=1S/C13H11BrN4O/c1-18-7-6-16-13(18)11-10(12(15)19-17-11)8-4-2-3-5-9(8)14/h2-7H,15H2,1H3. The molecule has 3 aromatic rings. The van der Waals surface area contributed by atoms with Crippen LogP contribution in [0.3, 0.4) is 0 Å². The van der Waals surface area contributed by atoms with Crippen molar-refractivity contribution < 1.29 is 4.52 Å². The van der Waals surface area contributed by atoms with Crippen LogP contribution >= 0.6 is 15.9 Å². The monoisotopic (exact) mass is 318 g/mol. The van der Waals surface area contributed by atoms with E-state index in [0.717, 1.165) is 15.6 Å². The molecule has 5 nitrogen and oxygen atoms in total. The Bertz CT molecular complexity index is 732. The Morgan fingerprint density at radius 3 is 2.79 bits per heavy atom. The number of nitrogen functional groups attached to an aromatic ring is 1. The third kappa shape index (κ3) is 1.94. The summed E-state index contributed by atoms with van der Waals surface area (Å²) in [6.07, 6.45) is 3.56. The maximum atomic E-state index is 5.91. The molecule has 1 aromatic carbocycles. The van der Waals surface area contributed by atoms with Crippen LogP contribution in [0.2, 0.25) is 0 Å². The van der Waals surface area contributed by atoms with Gasteiger partial charge in [0.05, 0.1) is 5.56 Å². The molecule has 0 aliphatic heterocycles. The first-order valence-electron chi connectivity index (χ1n) is 5.66. The Morgan fingerprint density at radius 1 is 1.32 bits per heavy atom. The van der Waals surface area contributed by atoms with Gasteiger partial charge in [0.2, 0.25) is 5.88 Å². The lowest BCUT2D eigenvalue weighted by atomic mass is 10.1. The second-order valence-corrected chi connectivity index (χ2v) is 4.97. The molecule has 0 atom stereocenters.